The Bertz CT molecular complexity index is 722. The summed E-state index contributed by atoms with van der Waals surface area (Å²) in [7, 11) is 6.48. The number of carboxylic acids is 1. The van der Waals surface area contributed by atoms with E-state index >= 15 is 0 Å². The van der Waals surface area contributed by atoms with E-state index in [2.05, 4.69) is 0 Å². The van der Waals surface area contributed by atoms with Crippen molar-refractivity contribution in [1.82, 2.24) is 5.23 Å². The Kier molecular flexibility index (Phi) is 3.30. The zero-order chi connectivity index (χ0) is 14.2. The van der Waals surface area contributed by atoms with Gasteiger partial charge in [0.15, 0.2) is 5.58 Å². The molecule has 0 spiro atoms. The third kappa shape index (κ3) is 2.32. The molecule has 9 heteroatoms. The Morgan fingerprint density at radius 1 is 1.47 bits per heavy atom. The summed E-state index contributed by atoms with van der Waals surface area (Å²) < 4.78 is 5.33. The molecule has 0 aliphatic rings. The summed E-state index contributed by atoms with van der Waals surface area (Å²) in [6, 6.07) is 2.13. The first-order chi connectivity index (χ1) is 8.93. The van der Waals surface area contributed by atoms with E-state index in [1.165, 1.54) is 24.1 Å². The number of nitrogens with zero attached hydrogens (tertiary/aromatic N) is 1. The van der Waals surface area contributed by atoms with Crippen LogP contribution in [0, 0.1) is 0 Å². The monoisotopic (exact) mass is 278 g/mol. The summed E-state index contributed by atoms with van der Waals surface area (Å²) in [5.41, 5.74) is -1.17. The maximum atomic E-state index is 11.4. The highest BCUT2D eigenvalue weighted by atomic mass is 32.1. The quantitative estimate of drug-likeness (QED) is 0.791. The minimum absolute atomic E-state index is 0.215. The number of urea groups is 1. The van der Waals surface area contributed by atoms with Gasteiger partial charge in [-0.2, -0.15) is 0 Å². The second-order valence-electron chi connectivity index (χ2n) is 3.57. The lowest BCUT2D eigenvalue weighted by Crippen LogP contribution is -2.35. The summed E-state index contributed by atoms with van der Waals surface area (Å²) in [6.07, 6.45) is 0. The molecule has 96 valence electrons. The molecule has 0 aliphatic heterocycles. The van der Waals surface area contributed by atoms with Crippen LogP contribution in [0.4, 0.5) is 9.80 Å². The van der Waals surface area contributed by atoms with E-state index in [1.54, 1.807) is 0 Å². The molecule has 2 aromatic rings. The number of fused-ring (bicyclic) bond motifs is 1. The van der Waals surface area contributed by atoms with Crippen molar-refractivity contribution in [3.8, 4) is 0 Å². The van der Waals surface area contributed by atoms with Crippen LogP contribution in [0.2, 0.25) is 0 Å². The smallest absolute Gasteiger partial charge is 0.351 e. The molecular weight excluding hydrogens is 271 g/mol. The van der Waals surface area contributed by atoms with Crippen molar-refractivity contribution < 1.29 is 19.1 Å². The van der Waals surface area contributed by atoms with Crippen LogP contribution in [0.15, 0.2) is 21.3 Å². The molecule has 0 saturated heterocycles. The normalized spacial score (nSPS) is 10.4. The molecule has 2 N–H and O–H groups in total. The number of carbonyl (C=O) groups excluding carboxylic acids is 1. The van der Waals surface area contributed by atoms with Gasteiger partial charge in [0.1, 0.15) is 10.6 Å². The zero-order valence-corrected chi connectivity index (χ0v) is 10.5. The average Bonchev–Trinajstić information content (AvgIpc) is 2.78. The number of carbonyl (C=O) groups is 2. The fourth-order valence-corrected chi connectivity index (χ4v) is 2.40. The molecule has 19 heavy (non-hydrogen) atoms. The highest BCUT2D eigenvalue weighted by Gasteiger charge is 2.17. The Labute approximate surface area is 111 Å². The number of amides is 2. The number of nitrogens with one attached hydrogen (secondary N) is 1. The van der Waals surface area contributed by atoms with Crippen LogP contribution in [0.25, 0.3) is 10.3 Å². The standard InChI is InChI=1S/C10H7BN2O5S/c1-13(10(17)12-11)7-3-5-6(19-7)2-4(8(14)15)9(16)18-5/h2-3H,1H3,(H,12,17)(H,14,15). The van der Waals surface area contributed by atoms with Crippen molar-refractivity contribution in [3.05, 3.63) is 28.1 Å². The van der Waals surface area contributed by atoms with E-state index in [9.17, 15) is 14.4 Å². The number of hydrogen-bond donors (Lipinski definition) is 2. The van der Waals surface area contributed by atoms with Gasteiger partial charge in [-0.15, -0.1) is 11.3 Å². The molecule has 0 aromatic carbocycles. The van der Waals surface area contributed by atoms with Crippen molar-refractivity contribution in [2.45, 2.75) is 0 Å². The molecule has 0 aliphatic carbocycles. The number of thiophene rings is 1. The minimum Gasteiger partial charge on any atom is -0.477 e. The SMILES string of the molecule is [B]NC(=O)N(C)c1cc2oc(=O)c(C(=O)O)cc2s1. The van der Waals surface area contributed by atoms with Crippen molar-refractivity contribution in [1.29, 1.82) is 0 Å². The molecule has 2 radical (unpaired) electrons. The van der Waals surface area contributed by atoms with Gasteiger partial charge in [0.2, 0.25) is 7.98 Å². The first kappa shape index (κ1) is 13.2. The maximum absolute atomic E-state index is 11.4. The maximum Gasteiger partial charge on any atom is 0.351 e. The van der Waals surface area contributed by atoms with Crippen molar-refractivity contribution in [3.63, 3.8) is 0 Å². The predicted molar refractivity (Wildman–Crippen MR) is 70.0 cm³/mol. The van der Waals surface area contributed by atoms with E-state index in [0.29, 0.717) is 9.70 Å². The van der Waals surface area contributed by atoms with Gasteiger partial charge in [0.05, 0.1) is 4.70 Å². The Morgan fingerprint density at radius 2 is 2.16 bits per heavy atom. The molecule has 2 aromatic heterocycles. The number of hydrogen-bond acceptors (Lipinski definition) is 5. The third-order valence-electron chi connectivity index (χ3n) is 2.40. The third-order valence-corrected chi connectivity index (χ3v) is 3.54. The highest BCUT2D eigenvalue weighted by molar-refractivity contribution is 7.22. The van der Waals surface area contributed by atoms with Gasteiger partial charge in [0.25, 0.3) is 0 Å². The fourth-order valence-electron chi connectivity index (χ4n) is 1.41. The number of carboxylic acid groups (broad SMARTS) is 1. The average molecular weight is 278 g/mol. The van der Waals surface area contributed by atoms with Crippen molar-refractivity contribution in [2.24, 2.45) is 0 Å². The lowest BCUT2D eigenvalue weighted by molar-refractivity contribution is 0.0692. The summed E-state index contributed by atoms with van der Waals surface area (Å²) in [5.74, 6) is -1.36. The molecule has 2 heterocycles. The van der Waals surface area contributed by atoms with E-state index in [-0.39, 0.29) is 5.58 Å². The number of anilines is 1. The summed E-state index contributed by atoms with van der Waals surface area (Å²) in [6.45, 7) is 0. The lowest BCUT2D eigenvalue weighted by atomic mass is 10.3. The van der Waals surface area contributed by atoms with Crippen molar-refractivity contribution >= 4 is 46.6 Å². The summed E-state index contributed by atoms with van der Waals surface area (Å²) in [4.78, 5) is 34.8. The zero-order valence-electron chi connectivity index (χ0n) is 9.67. The molecule has 2 amide bonds. The largest absolute Gasteiger partial charge is 0.477 e. The van der Waals surface area contributed by atoms with E-state index in [0.717, 1.165) is 11.3 Å². The molecule has 0 saturated carbocycles. The molecule has 2 rings (SSSR count). The van der Waals surface area contributed by atoms with E-state index < -0.39 is 23.2 Å². The number of aromatic carboxylic acids is 1. The summed E-state index contributed by atoms with van der Waals surface area (Å²) in [5, 5.41) is 11.2. The first-order valence-electron chi connectivity index (χ1n) is 4.99. The van der Waals surface area contributed by atoms with Crippen LogP contribution in [0.1, 0.15) is 10.4 Å². The molecule has 0 atom stereocenters. The highest BCUT2D eigenvalue weighted by Crippen LogP contribution is 2.31. The second kappa shape index (κ2) is 4.77. The molecule has 0 fully saturated rings. The minimum atomic E-state index is -1.36. The Hall–Kier alpha value is -2.29. The van der Waals surface area contributed by atoms with Gasteiger partial charge < -0.3 is 14.8 Å². The molecule has 0 bridgehead atoms. The van der Waals surface area contributed by atoms with Crippen LogP contribution in [-0.4, -0.2) is 32.1 Å². The van der Waals surface area contributed by atoms with Gasteiger partial charge in [-0.3, -0.25) is 4.90 Å². The van der Waals surface area contributed by atoms with Crippen LogP contribution in [0.5, 0.6) is 0 Å². The van der Waals surface area contributed by atoms with E-state index in [1.807, 2.05) is 5.23 Å². The molecule has 0 unspecified atom stereocenters. The molecule has 7 nitrogen and oxygen atoms in total. The van der Waals surface area contributed by atoms with Crippen LogP contribution in [0.3, 0.4) is 0 Å². The van der Waals surface area contributed by atoms with Gasteiger partial charge in [0, 0.05) is 13.1 Å². The predicted octanol–water partition coefficient (Wildman–Crippen LogP) is 0.782. The van der Waals surface area contributed by atoms with Gasteiger partial charge in [-0.05, 0) is 6.07 Å². The van der Waals surface area contributed by atoms with Crippen molar-refractivity contribution in [2.75, 3.05) is 11.9 Å². The van der Waals surface area contributed by atoms with Crippen LogP contribution < -0.4 is 15.8 Å². The Morgan fingerprint density at radius 3 is 2.74 bits per heavy atom. The van der Waals surface area contributed by atoms with Gasteiger partial charge in [-0.25, -0.2) is 14.4 Å². The Balaban J connectivity index is 2.55. The van der Waals surface area contributed by atoms with Gasteiger partial charge in [-0.1, -0.05) is 0 Å². The van der Waals surface area contributed by atoms with Crippen LogP contribution >= 0.6 is 11.3 Å². The summed E-state index contributed by atoms with van der Waals surface area (Å²) >= 11 is 1.10. The van der Waals surface area contributed by atoms with Crippen LogP contribution in [-0.2, 0) is 0 Å². The number of rotatable bonds is 2. The topological polar surface area (TPSA) is 99.9 Å². The molecular formula is C10H7BN2O5S. The van der Waals surface area contributed by atoms with Gasteiger partial charge >= 0.3 is 17.6 Å². The second-order valence-corrected chi connectivity index (χ2v) is 4.64. The fraction of sp³-hybridized carbons (Fsp3) is 0.100. The first-order valence-corrected chi connectivity index (χ1v) is 5.81. The lowest BCUT2D eigenvalue weighted by Gasteiger charge is -2.13. The van der Waals surface area contributed by atoms with E-state index in [4.69, 9.17) is 17.5 Å².